The maximum atomic E-state index is 4.83. The summed E-state index contributed by atoms with van der Waals surface area (Å²) < 4.78 is 0. The number of benzene rings is 2. The lowest BCUT2D eigenvalue weighted by atomic mass is 10.2. The van der Waals surface area contributed by atoms with Crippen molar-refractivity contribution in [3.63, 3.8) is 0 Å². The van der Waals surface area contributed by atoms with E-state index in [1.807, 2.05) is 6.07 Å². The van der Waals surface area contributed by atoms with Crippen molar-refractivity contribution in [1.29, 1.82) is 0 Å². The average Bonchev–Trinajstić information content (AvgIpc) is 3.14. The number of thiazole rings is 1. The molecule has 0 bridgehead atoms. The van der Waals surface area contributed by atoms with Gasteiger partial charge < -0.3 is 9.80 Å². The van der Waals surface area contributed by atoms with Crippen molar-refractivity contribution in [3.8, 4) is 11.3 Å². The van der Waals surface area contributed by atoms with Crippen LogP contribution in [0.2, 0.25) is 0 Å². The number of nitrogens with zero attached hydrogens (tertiary/aromatic N) is 3. The summed E-state index contributed by atoms with van der Waals surface area (Å²) >= 11 is 1.74. The van der Waals surface area contributed by atoms with Crippen molar-refractivity contribution in [2.24, 2.45) is 0 Å². The summed E-state index contributed by atoms with van der Waals surface area (Å²) in [4.78, 5) is 9.67. The highest BCUT2D eigenvalue weighted by molar-refractivity contribution is 7.14. The Morgan fingerprint density at radius 2 is 1.35 bits per heavy atom. The number of hydrogen-bond acceptors (Lipinski definition) is 4. The van der Waals surface area contributed by atoms with Crippen LogP contribution in [0.5, 0.6) is 0 Å². The van der Waals surface area contributed by atoms with Gasteiger partial charge in [-0.25, -0.2) is 4.98 Å². The molecule has 4 rings (SSSR count). The first-order valence-corrected chi connectivity index (χ1v) is 8.84. The molecule has 0 unspecified atom stereocenters. The molecule has 3 nitrogen and oxygen atoms in total. The van der Waals surface area contributed by atoms with E-state index in [1.54, 1.807) is 11.3 Å². The molecule has 1 aromatic heterocycles. The first-order chi connectivity index (χ1) is 11.4. The Hall–Kier alpha value is -2.33. The van der Waals surface area contributed by atoms with Gasteiger partial charge in [-0.05, 0) is 12.1 Å². The van der Waals surface area contributed by atoms with Crippen LogP contribution < -0.4 is 9.80 Å². The van der Waals surface area contributed by atoms with Gasteiger partial charge in [0.25, 0.3) is 0 Å². The van der Waals surface area contributed by atoms with E-state index in [4.69, 9.17) is 4.98 Å². The molecular formula is C19H19N3S. The molecule has 0 aliphatic carbocycles. The molecule has 1 fully saturated rings. The second-order valence-electron chi connectivity index (χ2n) is 5.69. The van der Waals surface area contributed by atoms with Gasteiger partial charge in [-0.15, -0.1) is 11.3 Å². The molecule has 116 valence electrons. The summed E-state index contributed by atoms with van der Waals surface area (Å²) in [6, 6.07) is 21.1. The zero-order chi connectivity index (χ0) is 15.5. The van der Waals surface area contributed by atoms with E-state index in [2.05, 4.69) is 69.8 Å². The third-order valence-electron chi connectivity index (χ3n) is 4.23. The quantitative estimate of drug-likeness (QED) is 0.723. The van der Waals surface area contributed by atoms with Crippen LogP contribution in [0, 0.1) is 0 Å². The first-order valence-electron chi connectivity index (χ1n) is 7.96. The first kappa shape index (κ1) is 14.3. The summed E-state index contributed by atoms with van der Waals surface area (Å²) in [6.07, 6.45) is 0. The third-order valence-corrected chi connectivity index (χ3v) is 5.13. The number of para-hydroxylation sites is 1. The Morgan fingerprint density at radius 3 is 2.04 bits per heavy atom. The van der Waals surface area contributed by atoms with Crippen molar-refractivity contribution in [2.45, 2.75) is 0 Å². The number of anilines is 2. The van der Waals surface area contributed by atoms with E-state index < -0.39 is 0 Å². The molecule has 4 heteroatoms. The molecule has 0 amide bonds. The summed E-state index contributed by atoms with van der Waals surface area (Å²) in [5, 5.41) is 3.30. The molecule has 2 aromatic carbocycles. The lowest BCUT2D eigenvalue weighted by Crippen LogP contribution is -2.46. The maximum absolute atomic E-state index is 4.83. The van der Waals surface area contributed by atoms with Crippen LogP contribution in [0.1, 0.15) is 0 Å². The van der Waals surface area contributed by atoms with Gasteiger partial charge in [-0.2, -0.15) is 0 Å². The maximum Gasteiger partial charge on any atom is 0.185 e. The summed E-state index contributed by atoms with van der Waals surface area (Å²) in [5.74, 6) is 0. The lowest BCUT2D eigenvalue weighted by Gasteiger charge is -2.36. The molecule has 0 N–H and O–H groups in total. The highest BCUT2D eigenvalue weighted by Crippen LogP contribution is 2.28. The fraction of sp³-hybridized carbons (Fsp3) is 0.211. The van der Waals surface area contributed by atoms with Crippen molar-refractivity contribution < 1.29 is 0 Å². The standard InChI is InChI=1S/C19H19N3S/c1-3-7-16(8-4-1)18-15-23-19(20-18)22-13-11-21(12-14-22)17-9-5-2-6-10-17/h1-10,15H,11-14H2. The van der Waals surface area contributed by atoms with E-state index in [1.165, 1.54) is 11.3 Å². The monoisotopic (exact) mass is 321 g/mol. The van der Waals surface area contributed by atoms with Gasteiger partial charge >= 0.3 is 0 Å². The van der Waals surface area contributed by atoms with Crippen LogP contribution in [-0.2, 0) is 0 Å². The average molecular weight is 321 g/mol. The Balaban J connectivity index is 1.44. The van der Waals surface area contributed by atoms with Crippen molar-refractivity contribution in [2.75, 3.05) is 36.0 Å². The summed E-state index contributed by atoms with van der Waals surface area (Å²) in [5.41, 5.74) is 3.59. The van der Waals surface area contributed by atoms with Crippen LogP contribution in [0.15, 0.2) is 66.0 Å². The molecule has 1 aliphatic heterocycles. The molecular weight excluding hydrogens is 302 g/mol. The van der Waals surface area contributed by atoms with E-state index >= 15 is 0 Å². The van der Waals surface area contributed by atoms with E-state index in [0.717, 1.165) is 37.0 Å². The zero-order valence-electron chi connectivity index (χ0n) is 12.9. The van der Waals surface area contributed by atoms with Gasteiger partial charge in [0.15, 0.2) is 5.13 Å². The number of rotatable bonds is 3. The largest absolute Gasteiger partial charge is 0.368 e. The molecule has 0 spiro atoms. The number of piperazine rings is 1. The van der Waals surface area contributed by atoms with Crippen LogP contribution >= 0.6 is 11.3 Å². The molecule has 2 heterocycles. The lowest BCUT2D eigenvalue weighted by molar-refractivity contribution is 0.652. The Labute approximate surface area is 140 Å². The Bertz CT molecular complexity index is 747. The molecule has 23 heavy (non-hydrogen) atoms. The van der Waals surface area contributed by atoms with Crippen LogP contribution in [-0.4, -0.2) is 31.2 Å². The van der Waals surface area contributed by atoms with Gasteiger partial charge in [-0.1, -0.05) is 48.5 Å². The molecule has 0 atom stereocenters. The minimum absolute atomic E-state index is 1.02. The predicted molar refractivity (Wildman–Crippen MR) is 98.4 cm³/mol. The molecule has 0 saturated carbocycles. The highest BCUT2D eigenvalue weighted by atomic mass is 32.1. The number of hydrogen-bond donors (Lipinski definition) is 0. The minimum atomic E-state index is 1.02. The zero-order valence-corrected chi connectivity index (χ0v) is 13.7. The van der Waals surface area contributed by atoms with Gasteiger partial charge in [0.2, 0.25) is 0 Å². The summed E-state index contributed by atoms with van der Waals surface area (Å²) in [7, 11) is 0. The number of aromatic nitrogens is 1. The van der Waals surface area contributed by atoms with Crippen molar-refractivity contribution in [3.05, 3.63) is 66.0 Å². The van der Waals surface area contributed by atoms with E-state index in [0.29, 0.717) is 0 Å². The fourth-order valence-corrected chi connectivity index (χ4v) is 3.83. The molecule has 3 aromatic rings. The second kappa shape index (κ2) is 6.42. The molecule has 0 radical (unpaired) electrons. The van der Waals surface area contributed by atoms with Crippen LogP contribution in [0.25, 0.3) is 11.3 Å². The van der Waals surface area contributed by atoms with Crippen LogP contribution in [0.3, 0.4) is 0 Å². The van der Waals surface area contributed by atoms with Crippen molar-refractivity contribution in [1.82, 2.24) is 4.98 Å². The van der Waals surface area contributed by atoms with E-state index in [9.17, 15) is 0 Å². The van der Waals surface area contributed by atoms with Gasteiger partial charge in [-0.3, -0.25) is 0 Å². The smallest absolute Gasteiger partial charge is 0.185 e. The van der Waals surface area contributed by atoms with E-state index in [-0.39, 0.29) is 0 Å². The van der Waals surface area contributed by atoms with Crippen molar-refractivity contribution >= 4 is 22.2 Å². The topological polar surface area (TPSA) is 19.4 Å². The van der Waals surface area contributed by atoms with Gasteiger partial charge in [0.05, 0.1) is 5.69 Å². The SMILES string of the molecule is c1ccc(-c2csc(N3CCN(c4ccccc4)CC3)n2)cc1. The van der Waals surface area contributed by atoms with Crippen LogP contribution in [0.4, 0.5) is 10.8 Å². The van der Waals surface area contributed by atoms with Gasteiger partial charge in [0, 0.05) is 42.8 Å². The second-order valence-corrected chi connectivity index (χ2v) is 6.53. The Morgan fingerprint density at radius 1 is 0.739 bits per heavy atom. The molecule has 1 saturated heterocycles. The fourth-order valence-electron chi connectivity index (χ4n) is 2.95. The molecule has 1 aliphatic rings. The van der Waals surface area contributed by atoms with Gasteiger partial charge in [0.1, 0.15) is 0 Å². The predicted octanol–water partition coefficient (Wildman–Crippen LogP) is 4.14. The summed E-state index contributed by atoms with van der Waals surface area (Å²) in [6.45, 7) is 4.14. The minimum Gasteiger partial charge on any atom is -0.368 e. The highest BCUT2D eigenvalue weighted by Gasteiger charge is 2.19. The third kappa shape index (κ3) is 3.08. The Kier molecular flexibility index (Phi) is 3.99. The normalized spacial score (nSPS) is 15.0.